The molecular formula is C21H24N2O. The summed E-state index contributed by atoms with van der Waals surface area (Å²) in [7, 11) is 0. The Balaban J connectivity index is 1.54. The molecule has 4 rings (SSSR count). The Labute approximate surface area is 143 Å². The lowest BCUT2D eigenvalue weighted by Gasteiger charge is -2.25. The highest BCUT2D eigenvalue weighted by Crippen LogP contribution is 2.38. The average Bonchev–Trinajstić information content (AvgIpc) is 3.04. The predicted molar refractivity (Wildman–Crippen MR) is 98.3 cm³/mol. The minimum atomic E-state index is 0.133. The van der Waals surface area contributed by atoms with Crippen LogP contribution in [-0.4, -0.2) is 18.5 Å². The Morgan fingerprint density at radius 1 is 1.00 bits per heavy atom. The van der Waals surface area contributed by atoms with Gasteiger partial charge in [0.1, 0.15) is 0 Å². The van der Waals surface area contributed by atoms with E-state index in [1.165, 1.54) is 5.56 Å². The highest BCUT2D eigenvalue weighted by molar-refractivity contribution is 6.00. The minimum absolute atomic E-state index is 0.133. The molecule has 1 aliphatic heterocycles. The summed E-state index contributed by atoms with van der Waals surface area (Å²) < 4.78 is 0. The Hall–Kier alpha value is -2.29. The van der Waals surface area contributed by atoms with Gasteiger partial charge in [-0.3, -0.25) is 4.79 Å². The topological polar surface area (TPSA) is 32.3 Å². The lowest BCUT2D eigenvalue weighted by molar-refractivity contribution is -0.122. The maximum atomic E-state index is 13.1. The normalized spacial score (nSPS) is 22.5. The number of rotatable bonds is 4. The molecule has 2 aliphatic rings. The van der Waals surface area contributed by atoms with Crippen LogP contribution in [0.1, 0.15) is 31.2 Å². The van der Waals surface area contributed by atoms with Gasteiger partial charge in [0.2, 0.25) is 5.91 Å². The van der Waals surface area contributed by atoms with Crippen molar-refractivity contribution in [3.8, 4) is 0 Å². The van der Waals surface area contributed by atoms with Gasteiger partial charge in [0, 0.05) is 12.6 Å². The summed E-state index contributed by atoms with van der Waals surface area (Å²) in [6.45, 7) is 0.787. The number of amides is 1. The van der Waals surface area contributed by atoms with Crippen molar-refractivity contribution in [2.75, 3.05) is 16.8 Å². The molecule has 24 heavy (non-hydrogen) atoms. The van der Waals surface area contributed by atoms with E-state index in [9.17, 15) is 4.79 Å². The minimum Gasteiger partial charge on any atom is -0.380 e. The molecule has 0 bridgehead atoms. The summed E-state index contributed by atoms with van der Waals surface area (Å²) in [5.74, 6) is 0.442. The Kier molecular flexibility index (Phi) is 4.24. The van der Waals surface area contributed by atoms with Gasteiger partial charge in [0.05, 0.1) is 17.3 Å². The number of fused-ring (bicyclic) bond motifs is 2. The number of hydrogen-bond acceptors (Lipinski definition) is 2. The van der Waals surface area contributed by atoms with Gasteiger partial charge in [0.15, 0.2) is 0 Å². The first kappa shape index (κ1) is 15.3. The molecule has 0 saturated heterocycles. The fourth-order valence-electron chi connectivity index (χ4n) is 4.09. The number of nitrogens with zero attached hydrogens (tertiary/aromatic N) is 1. The highest BCUT2D eigenvalue weighted by Gasteiger charge is 2.39. The van der Waals surface area contributed by atoms with E-state index in [0.29, 0.717) is 11.9 Å². The third kappa shape index (κ3) is 2.91. The fourth-order valence-corrected chi connectivity index (χ4v) is 4.09. The van der Waals surface area contributed by atoms with Crippen LogP contribution in [-0.2, 0) is 11.2 Å². The number of carbonyl (C=O) groups is 1. The van der Waals surface area contributed by atoms with Gasteiger partial charge in [-0.25, -0.2) is 0 Å². The summed E-state index contributed by atoms with van der Waals surface area (Å²) in [6, 6.07) is 19.1. The van der Waals surface area contributed by atoms with E-state index >= 15 is 0 Å². The van der Waals surface area contributed by atoms with E-state index in [1.807, 2.05) is 23.1 Å². The van der Waals surface area contributed by atoms with Crippen molar-refractivity contribution >= 4 is 17.3 Å². The molecule has 2 atom stereocenters. The molecule has 1 saturated carbocycles. The van der Waals surface area contributed by atoms with Gasteiger partial charge < -0.3 is 10.2 Å². The Morgan fingerprint density at radius 3 is 2.67 bits per heavy atom. The van der Waals surface area contributed by atoms with Crippen molar-refractivity contribution in [3.05, 3.63) is 60.2 Å². The number of aryl methyl sites for hydroxylation is 1. The molecule has 0 spiro atoms. The summed E-state index contributed by atoms with van der Waals surface area (Å²) in [5, 5.41) is 3.63. The van der Waals surface area contributed by atoms with E-state index in [0.717, 1.165) is 50.0 Å². The summed E-state index contributed by atoms with van der Waals surface area (Å²) in [6.07, 6.45) is 5.26. The van der Waals surface area contributed by atoms with Gasteiger partial charge in [-0.1, -0.05) is 48.9 Å². The van der Waals surface area contributed by atoms with Gasteiger partial charge in [0.25, 0.3) is 0 Å². The van der Waals surface area contributed by atoms with Crippen LogP contribution in [0.15, 0.2) is 54.6 Å². The fraction of sp³-hybridized carbons (Fsp3) is 0.381. The lowest BCUT2D eigenvalue weighted by Crippen LogP contribution is -2.39. The molecule has 2 aromatic rings. The van der Waals surface area contributed by atoms with Crippen LogP contribution in [0, 0.1) is 5.92 Å². The first-order valence-electron chi connectivity index (χ1n) is 9.04. The van der Waals surface area contributed by atoms with Crippen LogP contribution in [0.25, 0.3) is 0 Å². The zero-order valence-corrected chi connectivity index (χ0v) is 13.9. The van der Waals surface area contributed by atoms with E-state index in [2.05, 4.69) is 41.7 Å². The van der Waals surface area contributed by atoms with E-state index < -0.39 is 0 Å². The number of nitrogens with one attached hydrogen (secondary N) is 1. The molecule has 3 heteroatoms. The molecule has 1 N–H and O–H groups in total. The number of hydrogen-bond donors (Lipinski definition) is 1. The first-order chi connectivity index (χ1) is 11.8. The molecule has 1 amide bonds. The maximum Gasteiger partial charge on any atom is 0.232 e. The van der Waals surface area contributed by atoms with Gasteiger partial charge in [-0.2, -0.15) is 0 Å². The third-order valence-corrected chi connectivity index (χ3v) is 5.32. The molecule has 3 nitrogen and oxygen atoms in total. The van der Waals surface area contributed by atoms with Crippen molar-refractivity contribution in [1.82, 2.24) is 0 Å². The van der Waals surface area contributed by atoms with Crippen LogP contribution in [0.4, 0.5) is 11.4 Å². The van der Waals surface area contributed by atoms with E-state index in [-0.39, 0.29) is 5.92 Å². The Morgan fingerprint density at radius 2 is 1.79 bits per heavy atom. The van der Waals surface area contributed by atoms with Gasteiger partial charge >= 0.3 is 0 Å². The van der Waals surface area contributed by atoms with Crippen LogP contribution in [0.3, 0.4) is 0 Å². The molecule has 1 heterocycles. The molecule has 2 unspecified atom stereocenters. The largest absolute Gasteiger partial charge is 0.380 e. The zero-order valence-electron chi connectivity index (χ0n) is 13.9. The van der Waals surface area contributed by atoms with Crippen LogP contribution in [0.2, 0.25) is 0 Å². The van der Waals surface area contributed by atoms with E-state index in [4.69, 9.17) is 0 Å². The number of carbonyl (C=O) groups excluding carboxylic acids is 1. The van der Waals surface area contributed by atoms with Crippen molar-refractivity contribution in [3.63, 3.8) is 0 Å². The van der Waals surface area contributed by atoms with Gasteiger partial charge in [-0.15, -0.1) is 0 Å². The first-order valence-corrected chi connectivity index (χ1v) is 9.04. The van der Waals surface area contributed by atoms with Crippen LogP contribution in [0.5, 0.6) is 0 Å². The lowest BCUT2D eigenvalue weighted by atomic mass is 10.0. The standard InChI is InChI=1S/C21H24N2O/c24-21-17-11-6-13-18(17)22-19-12-4-5-14-20(19)23(21)15-7-10-16-8-2-1-3-9-16/h1-5,8-9,12,14,17-18,22H,6-7,10-11,13,15H2. The van der Waals surface area contributed by atoms with Crippen LogP contribution < -0.4 is 10.2 Å². The third-order valence-electron chi connectivity index (χ3n) is 5.32. The average molecular weight is 320 g/mol. The second-order valence-corrected chi connectivity index (χ2v) is 6.88. The molecule has 1 fully saturated rings. The second-order valence-electron chi connectivity index (χ2n) is 6.88. The molecule has 2 aromatic carbocycles. The number of anilines is 2. The summed E-state index contributed by atoms with van der Waals surface area (Å²) in [5.41, 5.74) is 3.50. The number of benzene rings is 2. The molecular weight excluding hydrogens is 296 g/mol. The predicted octanol–water partition coefficient (Wildman–Crippen LogP) is 4.25. The van der Waals surface area contributed by atoms with E-state index in [1.54, 1.807) is 0 Å². The van der Waals surface area contributed by atoms with Crippen molar-refractivity contribution in [1.29, 1.82) is 0 Å². The van der Waals surface area contributed by atoms with Crippen molar-refractivity contribution in [2.24, 2.45) is 5.92 Å². The maximum absolute atomic E-state index is 13.1. The SMILES string of the molecule is O=C1C2CCCC2Nc2ccccc2N1CCCc1ccccc1. The summed E-state index contributed by atoms with van der Waals surface area (Å²) in [4.78, 5) is 15.1. The van der Waals surface area contributed by atoms with Crippen LogP contribution >= 0.6 is 0 Å². The molecule has 124 valence electrons. The second kappa shape index (κ2) is 6.68. The zero-order chi connectivity index (χ0) is 16.4. The quantitative estimate of drug-likeness (QED) is 0.913. The highest BCUT2D eigenvalue weighted by atomic mass is 16.2. The molecule has 1 aliphatic carbocycles. The molecule has 0 aromatic heterocycles. The van der Waals surface area contributed by atoms with Crippen molar-refractivity contribution in [2.45, 2.75) is 38.1 Å². The van der Waals surface area contributed by atoms with Gasteiger partial charge in [-0.05, 0) is 43.4 Å². The Bertz CT molecular complexity index is 713. The smallest absolute Gasteiger partial charge is 0.232 e. The van der Waals surface area contributed by atoms with Crippen molar-refractivity contribution < 1.29 is 4.79 Å². The molecule has 0 radical (unpaired) electrons. The monoisotopic (exact) mass is 320 g/mol. The number of para-hydroxylation sites is 2. The summed E-state index contributed by atoms with van der Waals surface area (Å²) >= 11 is 0.